The van der Waals surface area contributed by atoms with Crippen LogP contribution in [0.3, 0.4) is 0 Å². The number of anilines is 2. The van der Waals surface area contributed by atoms with E-state index in [0.29, 0.717) is 22.1 Å². The normalized spacial score (nSPS) is 11.8. The Hall–Kier alpha value is -1.99. The third kappa shape index (κ3) is 6.01. The number of ether oxygens (including phenoxy) is 1. The van der Waals surface area contributed by atoms with Crippen molar-refractivity contribution in [2.45, 2.75) is 13.0 Å². The number of nitrogens with zero attached hydrogens (tertiary/aromatic N) is 1. The summed E-state index contributed by atoms with van der Waals surface area (Å²) in [4.78, 5) is 26.3. The summed E-state index contributed by atoms with van der Waals surface area (Å²) < 4.78 is 5.08. The molecule has 2 aromatic carbocycles. The van der Waals surface area contributed by atoms with Crippen molar-refractivity contribution in [1.82, 2.24) is 4.90 Å². The molecule has 1 atom stereocenters. The second-order valence-electron chi connectivity index (χ2n) is 6.10. The largest absolute Gasteiger partial charge is 0.497 e. The molecule has 0 radical (unpaired) electrons. The lowest BCUT2D eigenvalue weighted by molar-refractivity contribution is -0.122. The average Bonchev–Trinajstić information content (AvgIpc) is 2.65. The number of hydrogen-bond donors (Lipinski definition) is 2. The number of methoxy groups -OCH3 is 1. The fourth-order valence-corrected chi connectivity index (χ4v) is 2.89. The first-order chi connectivity index (χ1) is 13.2. The number of hydrogen-bond acceptors (Lipinski definition) is 4. The van der Waals surface area contributed by atoms with Crippen LogP contribution in [0.25, 0.3) is 0 Å². The van der Waals surface area contributed by atoms with Crippen molar-refractivity contribution in [1.29, 1.82) is 0 Å². The van der Waals surface area contributed by atoms with Gasteiger partial charge < -0.3 is 15.4 Å². The first-order valence-electron chi connectivity index (χ1n) is 8.30. The van der Waals surface area contributed by atoms with Crippen molar-refractivity contribution < 1.29 is 14.3 Å². The van der Waals surface area contributed by atoms with Crippen LogP contribution < -0.4 is 15.4 Å². The van der Waals surface area contributed by atoms with Crippen LogP contribution in [0, 0.1) is 0 Å². The maximum absolute atomic E-state index is 12.5. The molecule has 0 fully saturated rings. The Kier molecular flexibility index (Phi) is 7.95. The van der Waals surface area contributed by atoms with Crippen molar-refractivity contribution in [2.24, 2.45) is 0 Å². The summed E-state index contributed by atoms with van der Waals surface area (Å²) in [7, 11) is 3.24. The zero-order valence-electron chi connectivity index (χ0n) is 15.6. The summed E-state index contributed by atoms with van der Waals surface area (Å²) in [5, 5.41) is 6.31. The molecule has 0 bridgehead atoms. The summed E-state index contributed by atoms with van der Waals surface area (Å²) in [6, 6.07) is 9.31. The number of nitrogens with one attached hydrogen (secondary N) is 2. The first kappa shape index (κ1) is 22.3. The van der Waals surface area contributed by atoms with Gasteiger partial charge in [-0.1, -0.05) is 34.8 Å². The Labute approximate surface area is 178 Å². The van der Waals surface area contributed by atoms with Crippen LogP contribution in [0.1, 0.15) is 6.92 Å². The lowest BCUT2D eigenvalue weighted by Gasteiger charge is -2.23. The lowest BCUT2D eigenvalue weighted by Crippen LogP contribution is -2.43. The molecule has 2 aromatic rings. The Morgan fingerprint density at radius 3 is 2.25 bits per heavy atom. The smallest absolute Gasteiger partial charge is 0.241 e. The van der Waals surface area contributed by atoms with E-state index in [1.165, 1.54) is 12.1 Å². The third-order valence-corrected chi connectivity index (χ3v) is 5.11. The molecule has 0 aliphatic rings. The molecule has 9 heteroatoms. The molecule has 2 rings (SSSR count). The van der Waals surface area contributed by atoms with Gasteiger partial charge >= 0.3 is 0 Å². The minimum atomic E-state index is -0.591. The second-order valence-corrected chi connectivity index (χ2v) is 7.32. The number of carbonyl (C=O) groups excluding carboxylic acids is 2. The quantitative estimate of drug-likeness (QED) is 0.615. The van der Waals surface area contributed by atoms with Crippen LogP contribution in [0.15, 0.2) is 36.4 Å². The average molecular weight is 445 g/mol. The second kappa shape index (κ2) is 9.98. The van der Waals surface area contributed by atoms with Gasteiger partial charge in [-0.05, 0) is 50.4 Å². The standard InChI is InChI=1S/C19H20Cl3N3O3/c1-11(19(27)24-17-9-15(21)14(20)8-16(17)22)25(2)10-18(26)23-12-4-6-13(28-3)7-5-12/h4-9,11H,10H2,1-3H3,(H,23,26)(H,24,27)/t11-/m1/s1. The lowest BCUT2D eigenvalue weighted by atomic mass is 10.2. The molecule has 28 heavy (non-hydrogen) atoms. The van der Waals surface area contributed by atoms with Gasteiger partial charge in [0.15, 0.2) is 0 Å². The number of halogens is 3. The van der Waals surface area contributed by atoms with Gasteiger partial charge in [-0.3, -0.25) is 14.5 Å². The summed E-state index contributed by atoms with van der Waals surface area (Å²) in [5.41, 5.74) is 0.989. The van der Waals surface area contributed by atoms with Crippen LogP contribution >= 0.6 is 34.8 Å². The van der Waals surface area contributed by atoms with E-state index in [4.69, 9.17) is 39.5 Å². The molecule has 150 valence electrons. The number of amides is 2. The van der Waals surface area contributed by atoms with Crippen LogP contribution in [-0.4, -0.2) is 43.5 Å². The van der Waals surface area contributed by atoms with Crippen molar-refractivity contribution in [2.75, 3.05) is 31.3 Å². The van der Waals surface area contributed by atoms with Gasteiger partial charge in [-0.25, -0.2) is 0 Å². The van der Waals surface area contributed by atoms with Gasteiger partial charge in [0, 0.05) is 5.69 Å². The Balaban J connectivity index is 1.93. The number of rotatable bonds is 7. The van der Waals surface area contributed by atoms with E-state index in [0.717, 1.165) is 0 Å². The minimum Gasteiger partial charge on any atom is -0.497 e. The Bertz CT molecular complexity index is 859. The van der Waals surface area contributed by atoms with Crippen molar-refractivity contribution >= 4 is 58.0 Å². The number of carbonyl (C=O) groups is 2. The van der Waals surface area contributed by atoms with E-state index >= 15 is 0 Å². The monoisotopic (exact) mass is 443 g/mol. The molecule has 0 aromatic heterocycles. The highest BCUT2D eigenvalue weighted by Crippen LogP contribution is 2.32. The van der Waals surface area contributed by atoms with E-state index in [2.05, 4.69) is 10.6 Å². The zero-order valence-corrected chi connectivity index (χ0v) is 17.8. The van der Waals surface area contributed by atoms with Crippen molar-refractivity contribution in [3.63, 3.8) is 0 Å². The summed E-state index contributed by atoms with van der Waals surface area (Å²) >= 11 is 17.9. The SMILES string of the molecule is COc1ccc(NC(=O)CN(C)[C@H](C)C(=O)Nc2cc(Cl)c(Cl)cc2Cl)cc1. The van der Waals surface area contributed by atoms with E-state index in [9.17, 15) is 9.59 Å². The highest BCUT2D eigenvalue weighted by atomic mass is 35.5. The molecule has 0 spiro atoms. The van der Waals surface area contributed by atoms with Crippen LogP contribution in [0.5, 0.6) is 5.75 Å². The van der Waals surface area contributed by atoms with Gasteiger partial charge in [0.25, 0.3) is 0 Å². The molecule has 0 aliphatic heterocycles. The van der Waals surface area contributed by atoms with Gasteiger partial charge in [0.1, 0.15) is 5.75 Å². The highest BCUT2D eigenvalue weighted by Gasteiger charge is 2.21. The minimum absolute atomic E-state index is 0.0235. The molecule has 2 amide bonds. The van der Waals surface area contributed by atoms with Crippen LogP contribution in [-0.2, 0) is 9.59 Å². The topological polar surface area (TPSA) is 70.7 Å². The summed E-state index contributed by atoms with van der Waals surface area (Å²) in [6.07, 6.45) is 0. The van der Waals surface area contributed by atoms with Gasteiger partial charge in [0.2, 0.25) is 11.8 Å². The Morgan fingerprint density at radius 1 is 1.04 bits per heavy atom. The number of likely N-dealkylation sites (N-methyl/N-ethyl adjacent to an activating group) is 1. The predicted octanol–water partition coefficient (Wildman–Crippen LogP) is 4.55. The molecule has 6 nitrogen and oxygen atoms in total. The predicted molar refractivity (Wildman–Crippen MR) is 114 cm³/mol. The first-order valence-corrected chi connectivity index (χ1v) is 9.44. The maximum Gasteiger partial charge on any atom is 0.241 e. The molecule has 0 unspecified atom stereocenters. The molecule has 2 N–H and O–H groups in total. The Morgan fingerprint density at radius 2 is 1.64 bits per heavy atom. The highest BCUT2D eigenvalue weighted by molar-refractivity contribution is 6.44. The fourth-order valence-electron chi connectivity index (χ4n) is 2.29. The van der Waals surface area contributed by atoms with Crippen LogP contribution in [0.4, 0.5) is 11.4 Å². The van der Waals surface area contributed by atoms with E-state index < -0.39 is 6.04 Å². The number of benzene rings is 2. The molecule has 0 saturated heterocycles. The molecule has 0 aliphatic carbocycles. The molecular formula is C19H20Cl3N3O3. The molecule has 0 heterocycles. The van der Waals surface area contributed by atoms with Gasteiger partial charge in [-0.2, -0.15) is 0 Å². The zero-order chi connectivity index (χ0) is 20.8. The van der Waals surface area contributed by atoms with E-state index in [1.54, 1.807) is 50.2 Å². The van der Waals surface area contributed by atoms with Gasteiger partial charge in [0.05, 0.1) is 40.5 Å². The summed E-state index contributed by atoms with van der Waals surface area (Å²) in [6.45, 7) is 1.71. The maximum atomic E-state index is 12.5. The summed E-state index contributed by atoms with van der Waals surface area (Å²) in [5.74, 6) is 0.112. The van der Waals surface area contributed by atoms with Crippen molar-refractivity contribution in [3.8, 4) is 5.75 Å². The van der Waals surface area contributed by atoms with Crippen LogP contribution in [0.2, 0.25) is 15.1 Å². The van der Waals surface area contributed by atoms with Gasteiger partial charge in [-0.15, -0.1) is 0 Å². The fraction of sp³-hybridized carbons (Fsp3) is 0.263. The van der Waals surface area contributed by atoms with Crippen molar-refractivity contribution in [3.05, 3.63) is 51.5 Å². The molecule has 0 saturated carbocycles. The van der Waals surface area contributed by atoms with E-state index in [-0.39, 0.29) is 28.4 Å². The molecular weight excluding hydrogens is 425 g/mol. The third-order valence-electron chi connectivity index (χ3n) is 4.08. The van der Waals surface area contributed by atoms with E-state index in [1.807, 2.05) is 0 Å².